The lowest BCUT2D eigenvalue weighted by Crippen LogP contribution is -2.74. The number of carbonyl (C=O) groups is 5. The molecule has 6 atom stereocenters. The lowest BCUT2D eigenvalue weighted by molar-refractivity contribution is -0.181. The number of hydrogen-bond donors (Lipinski definition) is 3. The SMILES string of the molecule is CN(C)c1ccc(O)c2c1C[C@H]1C[C@H]3[C@H](N(C)C)C(=O)[C@H](C(N)=O)C(=O)[C@@]3(O)C(=O)[C@@H]1C2=O. The maximum atomic E-state index is 13.7. The molecule has 4 rings (SSSR count). The van der Waals surface area contributed by atoms with Gasteiger partial charge >= 0.3 is 0 Å². The van der Waals surface area contributed by atoms with Gasteiger partial charge in [0.15, 0.2) is 34.7 Å². The summed E-state index contributed by atoms with van der Waals surface area (Å²) in [5.74, 6) is -10.3. The van der Waals surface area contributed by atoms with Crippen molar-refractivity contribution in [2.75, 3.05) is 33.1 Å². The second-order valence-corrected chi connectivity index (χ2v) is 9.64. The van der Waals surface area contributed by atoms with Gasteiger partial charge in [0, 0.05) is 25.7 Å². The predicted molar refractivity (Wildman–Crippen MR) is 116 cm³/mol. The quantitative estimate of drug-likeness (QED) is 0.481. The second-order valence-electron chi connectivity index (χ2n) is 9.64. The van der Waals surface area contributed by atoms with Crippen molar-refractivity contribution in [1.29, 1.82) is 0 Å². The zero-order chi connectivity index (χ0) is 24.6. The Hall–Kier alpha value is -3.11. The number of amides is 1. The summed E-state index contributed by atoms with van der Waals surface area (Å²) in [6.45, 7) is 0. The maximum Gasteiger partial charge on any atom is 0.235 e. The molecule has 1 aromatic rings. The van der Waals surface area contributed by atoms with Gasteiger partial charge in [-0.25, -0.2) is 0 Å². The second kappa shape index (κ2) is 7.46. The Balaban J connectivity index is 1.89. The van der Waals surface area contributed by atoms with Gasteiger partial charge in [-0.3, -0.25) is 28.9 Å². The molecule has 0 radical (unpaired) electrons. The van der Waals surface area contributed by atoms with Gasteiger partial charge in [0.1, 0.15) is 5.75 Å². The average Bonchev–Trinajstić information content (AvgIpc) is 2.70. The molecule has 4 N–H and O–H groups in total. The van der Waals surface area contributed by atoms with Crippen LogP contribution in [0.15, 0.2) is 12.1 Å². The summed E-state index contributed by atoms with van der Waals surface area (Å²) in [5.41, 5.74) is 3.87. The molecule has 2 saturated carbocycles. The highest BCUT2D eigenvalue weighted by Crippen LogP contribution is 2.51. The Labute approximate surface area is 190 Å². The number of anilines is 1. The van der Waals surface area contributed by atoms with Gasteiger partial charge in [0.25, 0.3) is 0 Å². The zero-order valence-electron chi connectivity index (χ0n) is 18.9. The number of phenols is 1. The molecular formula is C23H27N3O7. The average molecular weight is 457 g/mol. The van der Waals surface area contributed by atoms with E-state index in [1.165, 1.54) is 11.0 Å². The minimum atomic E-state index is -2.70. The number of nitrogens with zero attached hydrogens (tertiary/aromatic N) is 2. The van der Waals surface area contributed by atoms with Crippen molar-refractivity contribution < 1.29 is 34.2 Å². The summed E-state index contributed by atoms with van der Waals surface area (Å²) in [6, 6.07) is 1.94. The van der Waals surface area contributed by atoms with Gasteiger partial charge in [-0.2, -0.15) is 0 Å². The fourth-order valence-electron chi connectivity index (χ4n) is 6.01. The number of ketones is 4. The molecule has 0 saturated heterocycles. The molecule has 10 nitrogen and oxygen atoms in total. The number of rotatable bonds is 3. The highest BCUT2D eigenvalue weighted by molar-refractivity contribution is 6.32. The fraction of sp³-hybridized carbons (Fsp3) is 0.522. The lowest BCUT2D eigenvalue weighted by atomic mass is 9.52. The number of primary amides is 1. The minimum Gasteiger partial charge on any atom is -0.507 e. The summed E-state index contributed by atoms with van der Waals surface area (Å²) < 4.78 is 0. The van der Waals surface area contributed by atoms with Crippen molar-refractivity contribution in [2.24, 2.45) is 29.4 Å². The Morgan fingerprint density at radius 3 is 2.27 bits per heavy atom. The Morgan fingerprint density at radius 1 is 1.09 bits per heavy atom. The van der Waals surface area contributed by atoms with Gasteiger partial charge in [-0.1, -0.05) is 0 Å². The lowest BCUT2D eigenvalue weighted by Gasteiger charge is -2.52. The normalized spacial score (nSPS) is 33.5. The van der Waals surface area contributed by atoms with Crippen LogP contribution in [-0.2, 0) is 25.6 Å². The van der Waals surface area contributed by atoms with Crippen molar-refractivity contribution in [3.8, 4) is 5.75 Å². The molecule has 2 fully saturated rings. The summed E-state index contributed by atoms with van der Waals surface area (Å²) >= 11 is 0. The Morgan fingerprint density at radius 2 is 1.73 bits per heavy atom. The van der Waals surface area contributed by atoms with Crippen LogP contribution in [0, 0.1) is 23.7 Å². The molecular weight excluding hydrogens is 430 g/mol. The summed E-state index contributed by atoms with van der Waals surface area (Å²) in [4.78, 5) is 68.6. The van der Waals surface area contributed by atoms with E-state index in [9.17, 15) is 34.2 Å². The Kier molecular flexibility index (Phi) is 5.21. The van der Waals surface area contributed by atoms with Crippen LogP contribution in [0.2, 0.25) is 0 Å². The standard InChI is InChI=1S/C23H27N3O7/c1-25(2)12-5-6-13(27)15-10(12)7-9-8-11-17(26(3)4)19(29)16(22(24)32)21(31)23(11,33)20(30)14(9)18(15)28/h5-6,9,11,14,16-17,27,33H,7-8H2,1-4H3,(H2,24,32)/t9-,11-,14-,16-,17-,23-/m0/s1. The minimum absolute atomic E-state index is 0.00667. The first-order chi connectivity index (χ1) is 15.3. The number of Topliss-reactive ketones (excluding diaryl/α,β-unsaturated/α-hetero) is 4. The molecule has 0 bridgehead atoms. The van der Waals surface area contributed by atoms with Gasteiger partial charge < -0.3 is 20.8 Å². The molecule has 0 aromatic heterocycles. The van der Waals surface area contributed by atoms with Crippen molar-refractivity contribution in [1.82, 2.24) is 4.90 Å². The third kappa shape index (κ3) is 2.97. The number of likely N-dealkylation sites (N-methyl/N-ethyl adjacent to an activating group) is 1. The molecule has 3 aliphatic rings. The number of nitrogens with two attached hydrogens (primary N) is 1. The van der Waals surface area contributed by atoms with E-state index < -0.39 is 64.4 Å². The number of hydrogen-bond acceptors (Lipinski definition) is 9. The molecule has 0 unspecified atom stereocenters. The summed E-state index contributed by atoms with van der Waals surface area (Å²) in [6.07, 6.45) is 0.278. The van der Waals surface area contributed by atoms with E-state index in [4.69, 9.17) is 5.73 Å². The van der Waals surface area contributed by atoms with Crippen molar-refractivity contribution in [2.45, 2.75) is 24.5 Å². The van der Waals surface area contributed by atoms with Crippen LogP contribution < -0.4 is 10.6 Å². The first-order valence-corrected chi connectivity index (χ1v) is 10.7. The van der Waals surface area contributed by atoms with E-state index in [-0.39, 0.29) is 24.2 Å². The molecule has 3 aliphatic carbocycles. The molecule has 0 heterocycles. The largest absolute Gasteiger partial charge is 0.507 e. The van der Waals surface area contributed by atoms with E-state index in [0.717, 1.165) is 0 Å². The van der Waals surface area contributed by atoms with Crippen LogP contribution in [0.1, 0.15) is 22.3 Å². The highest BCUT2D eigenvalue weighted by Gasteiger charge is 2.69. The van der Waals surface area contributed by atoms with Gasteiger partial charge in [0.05, 0.1) is 17.5 Å². The maximum absolute atomic E-state index is 13.7. The third-order valence-corrected chi connectivity index (χ3v) is 7.40. The molecule has 10 heteroatoms. The van der Waals surface area contributed by atoms with Gasteiger partial charge in [-0.05, 0) is 50.6 Å². The van der Waals surface area contributed by atoms with Gasteiger partial charge in [0.2, 0.25) is 5.91 Å². The molecule has 0 aliphatic heterocycles. The van der Waals surface area contributed by atoms with Crippen molar-refractivity contribution in [3.63, 3.8) is 0 Å². The van der Waals surface area contributed by atoms with Crippen LogP contribution in [0.4, 0.5) is 5.69 Å². The smallest absolute Gasteiger partial charge is 0.235 e. The number of fused-ring (bicyclic) bond motifs is 3. The third-order valence-electron chi connectivity index (χ3n) is 7.40. The van der Waals surface area contributed by atoms with E-state index in [1.807, 2.05) is 0 Å². The highest BCUT2D eigenvalue weighted by atomic mass is 16.3. The van der Waals surface area contributed by atoms with Gasteiger partial charge in [-0.15, -0.1) is 0 Å². The first-order valence-electron chi connectivity index (χ1n) is 10.7. The van der Waals surface area contributed by atoms with Crippen LogP contribution in [0.3, 0.4) is 0 Å². The fourth-order valence-corrected chi connectivity index (χ4v) is 6.01. The van der Waals surface area contributed by atoms with Crippen molar-refractivity contribution >= 4 is 34.7 Å². The molecule has 176 valence electrons. The van der Waals surface area contributed by atoms with Crippen molar-refractivity contribution in [3.05, 3.63) is 23.3 Å². The van der Waals surface area contributed by atoms with E-state index in [0.29, 0.717) is 11.3 Å². The first kappa shape index (κ1) is 23.1. The van der Waals surface area contributed by atoms with Crippen LogP contribution >= 0.6 is 0 Å². The van der Waals surface area contributed by atoms with Crippen LogP contribution in [-0.4, -0.2) is 84.0 Å². The van der Waals surface area contributed by atoms with E-state index >= 15 is 0 Å². The Bertz CT molecular complexity index is 1110. The van der Waals surface area contributed by atoms with Crippen LogP contribution in [0.25, 0.3) is 0 Å². The number of carbonyl (C=O) groups excluding carboxylic acids is 5. The summed E-state index contributed by atoms with van der Waals surface area (Å²) in [5, 5.41) is 21.9. The number of aromatic hydroxyl groups is 1. The summed E-state index contributed by atoms with van der Waals surface area (Å²) in [7, 11) is 6.69. The molecule has 1 amide bonds. The molecule has 33 heavy (non-hydrogen) atoms. The number of benzene rings is 1. The number of phenolic OH excluding ortho intramolecular Hbond substituents is 1. The monoisotopic (exact) mass is 457 g/mol. The zero-order valence-corrected chi connectivity index (χ0v) is 18.9. The predicted octanol–water partition coefficient (Wildman–Crippen LogP) is -1.07. The van der Waals surface area contributed by atoms with E-state index in [1.54, 1.807) is 39.2 Å². The number of aliphatic hydroxyl groups is 1. The van der Waals surface area contributed by atoms with E-state index in [2.05, 4.69) is 0 Å². The molecule has 1 aromatic carbocycles. The molecule has 0 spiro atoms. The topological polar surface area (TPSA) is 158 Å². The van der Waals surface area contributed by atoms with Crippen LogP contribution in [0.5, 0.6) is 5.75 Å².